The van der Waals surface area contributed by atoms with Crippen molar-refractivity contribution in [3.8, 4) is 0 Å². The molecule has 0 bridgehead atoms. The topological polar surface area (TPSA) is 41.1 Å². The Hall–Kier alpha value is -0.380. The summed E-state index contributed by atoms with van der Waals surface area (Å²) in [6.07, 6.45) is 7.96. The molecule has 1 aliphatic rings. The number of hydrogen-bond donors (Lipinski definition) is 2. The minimum Gasteiger partial charge on any atom is -0.335 e. The molecule has 0 unspecified atom stereocenters. The molecule has 0 atom stereocenters. The van der Waals surface area contributed by atoms with E-state index in [1.54, 1.807) is 0 Å². The molecule has 0 aromatic carbocycles. The number of carbonyl (C=O) groups excluding carboxylic acids is 1. The Morgan fingerprint density at radius 2 is 2.00 bits per heavy atom. The third-order valence-electron chi connectivity index (χ3n) is 2.14. The molecule has 0 aromatic heterocycles. The Kier molecular flexibility index (Phi) is 4.29. The first kappa shape index (κ1) is 9.71. The minimum atomic E-state index is -0.0469. The molecule has 0 aliphatic heterocycles. The van der Waals surface area contributed by atoms with Crippen molar-refractivity contribution in [3.63, 3.8) is 0 Å². The molecule has 0 saturated heterocycles. The van der Waals surface area contributed by atoms with Gasteiger partial charge >= 0.3 is 6.03 Å². The molecule has 0 aromatic rings. The number of rotatable bonds is 2. The molecule has 0 radical (unpaired) electrons. The number of hydrogen-bond acceptors (Lipinski definition) is 2. The molecule has 1 rings (SSSR count). The quantitative estimate of drug-likeness (QED) is 0.650. The molecule has 0 spiro atoms. The second-order valence-corrected chi connectivity index (χ2v) is 3.73. The average Bonchev–Trinajstić information content (AvgIpc) is 2.06. The largest absolute Gasteiger partial charge is 0.335 e. The molecule has 1 saturated carbocycles. The van der Waals surface area contributed by atoms with Crippen molar-refractivity contribution in [2.24, 2.45) is 0 Å². The zero-order valence-corrected chi connectivity index (χ0v) is 8.25. The van der Waals surface area contributed by atoms with E-state index in [4.69, 9.17) is 0 Å². The smallest absolute Gasteiger partial charge is 0.324 e. The zero-order chi connectivity index (χ0) is 8.81. The van der Waals surface area contributed by atoms with E-state index < -0.39 is 0 Å². The minimum absolute atomic E-state index is 0.0469. The van der Waals surface area contributed by atoms with Gasteiger partial charge in [0.1, 0.15) is 0 Å². The van der Waals surface area contributed by atoms with Crippen molar-refractivity contribution in [2.75, 3.05) is 6.26 Å². The van der Waals surface area contributed by atoms with Crippen LogP contribution in [-0.4, -0.2) is 18.3 Å². The van der Waals surface area contributed by atoms with E-state index in [9.17, 15) is 4.79 Å². The molecule has 1 aliphatic carbocycles. The van der Waals surface area contributed by atoms with Crippen LogP contribution in [0.3, 0.4) is 0 Å². The average molecular weight is 188 g/mol. The van der Waals surface area contributed by atoms with Crippen LogP contribution >= 0.6 is 11.9 Å². The van der Waals surface area contributed by atoms with Gasteiger partial charge in [0.05, 0.1) is 0 Å². The predicted molar refractivity (Wildman–Crippen MR) is 52.1 cm³/mol. The molecule has 3 nitrogen and oxygen atoms in total. The highest BCUT2D eigenvalue weighted by molar-refractivity contribution is 7.97. The van der Waals surface area contributed by atoms with Gasteiger partial charge in [-0.3, -0.25) is 4.72 Å². The van der Waals surface area contributed by atoms with Gasteiger partial charge < -0.3 is 5.32 Å². The van der Waals surface area contributed by atoms with E-state index in [2.05, 4.69) is 10.0 Å². The van der Waals surface area contributed by atoms with Gasteiger partial charge in [-0.25, -0.2) is 4.79 Å². The summed E-state index contributed by atoms with van der Waals surface area (Å²) in [5.41, 5.74) is 0. The maximum Gasteiger partial charge on any atom is 0.324 e. The Morgan fingerprint density at radius 3 is 2.58 bits per heavy atom. The van der Waals surface area contributed by atoms with Gasteiger partial charge in [0.15, 0.2) is 0 Å². The van der Waals surface area contributed by atoms with Gasteiger partial charge in [-0.05, 0) is 12.8 Å². The van der Waals surface area contributed by atoms with Crippen LogP contribution in [0.1, 0.15) is 32.1 Å². The van der Waals surface area contributed by atoms with Crippen LogP contribution in [0.25, 0.3) is 0 Å². The van der Waals surface area contributed by atoms with Crippen molar-refractivity contribution < 1.29 is 4.79 Å². The molecule has 2 amide bonds. The summed E-state index contributed by atoms with van der Waals surface area (Å²) in [7, 11) is 0. The standard InChI is InChI=1S/C8H16N2OS/c1-12-10-8(11)9-7-5-3-2-4-6-7/h7H,2-6H2,1H3,(H2,9,10,11). The highest BCUT2D eigenvalue weighted by atomic mass is 32.2. The fourth-order valence-electron chi connectivity index (χ4n) is 1.55. The summed E-state index contributed by atoms with van der Waals surface area (Å²) >= 11 is 1.34. The number of amides is 2. The van der Waals surface area contributed by atoms with Gasteiger partial charge in [-0.2, -0.15) is 0 Å². The third kappa shape index (κ3) is 3.34. The first-order valence-electron chi connectivity index (χ1n) is 4.42. The third-order valence-corrected chi connectivity index (χ3v) is 2.52. The fourth-order valence-corrected chi connectivity index (χ4v) is 1.80. The second-order valence-electron chi connectivity index (χ2n) is 3.11. The van der Waals surface area contributed by atoms with E-state index in [-0.39, 0.29) is 6.03 Å². The molecule has 0 heterocycles. The van der Waals surface area contributed by atoms with Gasteiger partial charge in [0, 0.05) is 12.3 Å². The fraction of sp³-hybridized carbons (Fsp3) is 0.875. The van der Waals surface area contributed by atoms with Crippen LogP contribution < -0.4 is 10.0 Å². The summed E-state index contributed by atoms with van der Waals surface area (Å²) in [6, 6.07) is 0.361. The Bertz CT molecular complexity index is 146. The van der Waals surface area contributed by atoms with Crippen molar-refractivity contribution in [3.05, 3.63) is 0 Å². The van der Waals surface area contributed by atoms with E-state index in [0.29, 0.717) is 6.04 Å². The van der Waals surface area contributed by atoms with Crippen LogP contribution in [0.5, 0.6) is 0 Å². The Labute approximate surface area is 77.8 Å². The van der Waals surface area contributed by atoms with Gasteiger partial charge in [0.2, 0.25) is 0 Å². The lowest BCUT2D eigenvalue weighted by Crippen LogP contribution is -2.40. The van der Waals surface area contributed by atoms with Crippen LogP contribution in [0, 0.1) is 0 Å². The molecule has 1 fully saturated rings. The number of nitrogens with one attached hydrogen (secondary N) is 2. The van der Waals surface area contributed by atoms with E-state index >= 15 is 0 Å². The lowest BCUT2D eigenvalue weighted by molar-refractivity contribution is 0.238. The number of urea groups is 1. The zero-order valence-electron chi connectivity index (χ0n) is 7.43. The lowest BCUT2D eigenvalue weighted by Gasteiger charge is -2.22. The Balaban J connectivity index is 2.15. The van der Waals surface area contributed by atoms with Crippen molar-refractivity contribution in [1.82, 2.24) is 10.0 Å². The summed E-state index contributed by atoms with van der Waals surface area (Å²) in [4.78, 5) is 11.1. The van der Waals surface area contributed by atoms with Crippen LogP contribution in [0.2, 0.25) is 0 Å². The molecule has 12 heavy (non-hydrogen) atoms. The summed E-state index contributed by atoms with van der Waals surface area (Å²) in [5, 5.41) is 2.95. The molecular weight excluding hydrogens is 172 g/mol. The molecule has 2 N–H and O–H groups in total. The van der Waals surface area contributed by atoms with Crippen LogP contribution in [0.4, 0.5) is 4.79 Å². The summed E-state index contributed by atoms with van der Waals surface area (Å²) < 4.78 is 2.66. The van der Waals surface area contributed by atoms with Crippen LogP contribution in [0.15, 0.2) is 0 Å². The highest BCUT2D eigenvalue weighted by Gasteiger charge is 2.14. The van der Waals surface area contributed by atoms with Gasteiger partial charge in [0.25, 0.3) is 0 Å². The maximum absolute atomic E-state index is 11.1. The summed E-state index contributed by atoms with van der Waals surface area (Å²) in [6.45, 7) is 0. The monoisotopic (exact) mass is 188 g/mol. The van der Waals surface area contributed by atoms with Crippen molar-refractivity contribution in [1.29, 1.82) is 0 Å². The Morgan fingerprint density at radius 1 is 1.33 bits per heavy atom. The van der Waals surface area contributed by atoms with E-state index in [1.807, 2.05) is 6.26 Å². The molecule has 4 heteroatoms. The predicted octanol–water partition coefficient (Wildman–Crippen LogP) is 1.90. The van der Waals surface area contributed by atoms with Crippen molar-refractivity contribution >= 4 is 18.0 Å². The molecular formula is C8H16N2OS. The van der Waals surface area contributed by atoms with E-state index in [0.717, 1.165) is 12.8 Å². The normalized spacial score (nSPS) is 18.8. The lowest BCUT2D eigenvalue weighted by atomic mass is 9.96. The number of carbonyl (C=O) groups is 1. The SMILES string of the molecule is CSNC(=O)NC1CCCCC1. The first-order valence-corrected chi connectivity index (χ1v) is 5.65. The van der Waals surface area contributed by atoms with Crippen molar-refractivity contribution in [2.45, 2.75) is 38.1 Å². The molecule has 70 valence electrons. The highest BCUT2D eigenvalue weighted by Crippen LogP contribution is 2.17. The van der Waals surface area contributed by atoms with E-state index in [1.165, 1.54) is 31.2 Å². The van der Waals surface area contributed by atoms with Gasteiger partial charge in [-0.1, -0.05) is 31.2 Å². The van der Waals surface area contributed by atoms with Gasteiger partial charge in [-0.15, -0.1) is 0 Å². The maximum atomic E-state index is 11.1. The summed E-state index contributed by atoms with van der Waals surface area (Å²) in [5.74, 6) is 0. The second kappa shape index (κ2) is 5.30. The first-order chi connectivity index (χ1) is 5.83. The van der Waals surface area contributed by atoms with Crippen LogP contribution in [-0.2, 0) is 0 Å².